The normalized spacial score (nSPS) is 18.2. The number of hydrogen-bond acceptors (Lipinski definition) is 4. The van der Waals surface area contributed by atoms with Gasteiger partial charge in [-0.05, 0) is 26.0 Å². The van der Waals surface area contributed by atoms with Crippen molar-refractivity contribution in [1.29, 1.82) is 0 Å². The Morgan fingerprint density at radius 1 is 1.35 bits per heavy atom. The van der Waals surface area contributed by atoms with E-state index in [9.17, 15) is 9.59 Å². The third-order valence-corrected chi connectivity index (χ3v) is 3.83. The lowest BCUT2D eigenvalue weighted by molar-refractivity contribution is -0.123. The number of amides is 2. The molecule has 0 aliphatic carbocycles. The topological polar surface area (TPSA) is 98.9 Å². The summed E-state index contributed by atoms with van der Waals surface area (Å²) in [4.78, 5) is 24.4. The smallest absolute Gasteiger partial charge is 0.273 e. The summed E-state index contributed by atoms with van der Waals surface area (Å²) in [6, 6.07) is 6.91. The maximum Gasteiger partial charge on any atom is 0.273 e. The average molecular weight is 338 g/mol. The van der Waals surface area contributed by atoms with Crippen LogP contribution in [0.25, 0.3) is 10.9 Å². The fourth-order valence-electron chi connectivity index (χ4n) is 2.57. The molecule has 1 fully saturated rings. The number of aromatic nitrogens is 2. The summed E-state index contributed by atoms with van der Waals surface area (Å²) in [5.41, 5.74) is 1.10. The van der Waals surface area contributed by atoms with Gasteiger partial charge in [0.05, 0.1) is 5.52 Å². The molecule has 1 aromatic carbocycles. The first-order chi connectivity index (χ1) is 10.6. The van der Waals surface area contributed by atoms with Crippen LogP contribution in [-0.2, 0) is 4.79 Å². The van der Waals surface area contributed by atoms with E-state index in [1.165, 1.54) is 0 Å². The number of fused-ring (bicyclic) bond motifs is 1. The lowest BCUT2D eigenvalue weighted by Crippen LogP contribution is -2.48. The number of halogens is 1. The van der Waals surface area contributed by atoms with Crippen LogP contribution in [0.1, 0.15) is 23.8 Å². The number of rotatable bonds is 4. The Hall–Kier alpha value is -2.12. The number of nitrogens with zero attached hydrogens (tertiary/aromatic N) is 1. The van der Waals surface area contributed by atoms with Crippen LogP contribution in [0.3, 0.4) is 0 Å². The van der Waals surface area contributed by atoms with E-state index in [1.807, 2.05) is 24.3 Å². The molecule has 3 rings (SSSR count). The molecule has 2 aromatic rings. The van der Waals surface area contributed by atoms with Crippen molar-refractivity contribution in [2.24, 2.45) is 0 Å². The molecule has 2 amide bonds. The standard InChI is InChI=1S/C15H19N5O2.ClH/c1-9(14(21)18-10-6-7-16-8-10)17-15(22)13-11-4-2-3-5-12(11)19-20-13;/h2-5,9-10,16H,6-8H2,1H3,(H,17,22)(H,18,21)(H,19,20);1H. The highest BCUT2D eigenvalue weighted by molar-refractivity contribution is 6.05. The Morgan fingerprint density at radius 3 is 2.87 bits per heavy atom. The van der Waals surface area contributed by atoms with Crippen LogP contribution in [0.5, 0.6) is 0 Å². The average Bonchev–Trinajstić information content (AvgIpc) is 3.15. The van der Waals surface area contributed by atoms with Gasteiger partial charge in [0.15, 0.2) is 5.69 Å². The number of carbonyl (C=O) groups excluding carboxylic acids is 2. The molecule has 124 valence electrons. The third-order valence-electron chi connectivity index (χ3n) is 3.83. The number of hydrogen-bond donors (Lipinski definition) is 4. The van der Waals surface area contributed by atoms with Crippen LogP contribution in [0.2, 0.25) is 0 Å². The van der Waals surface area contributed by atoms with Crippen LogP contribution in [0.15, 0.2) is 24.3 Å². The highest BCUT2D eigenvalue weighted by Gasteiger charge is 2.23. The van der Waals surface area contributed by atoms with Gasteiger partial charge in [0, 0.05) is 18.0 Å². The summed E-state index contributed by atoms with van der Waals surface area (Å²) in [6.45, 7) is 3.35. The second kappa shape index (κ2) is 7.43. The predicted octanol–water partition coefficient (Wildman–Crippen LogP) is 0.581. The molecule has 23 heavy (non-hydrogen) atoms. The number of para-hydroxylation sites is 1. The molecule has 2 unspecified atom stereocenters. The Kier molecular flexibility index (Phi) is 5.57. The van der Waals surface area contributed by atoms with Gasteiger partial charge in [-0.1, -0.05) is 18.2 Å². The fraction of sp³-hybridized carbons (Fsp3) is 0.400. The zero-order valence-electron chi connectivity index (χ0n) is 12.8. The highest BCUT2D eigenvalue weighted by Crippen LogP contribution is 2.14. The van der Waals surface area contributed by atoms with Crippen molar-refractivity contribution in [1.82, 2.24) is 26.1 Å². The monoisotopic (exact) mass is 337 g/mol. The zero-order chi connectivity index (χ0) is 15.5. The summed E-state index contributed by atoms with van der Waals surface area (Å²) < 4.78 is 0. The van der Waals surface area contributed by atoms with E-state index in [-0.39, 0.29) is 30.3 Å². The number of H-pyrrole nitrogens is 1. The van der Waals surface area contributed by atoms with Gasteiger partial charge in [-0.25, -0.2) is 0 Å². The van der Waals surface area contributed by atoms with Crippen molar-refractivity contribution in [3.63, 3.8) is 0 Å². The van der Waals surface area contributed by atoms with Gasteiger partial charge in [-0.2, -0.15) is 5.10 Å². The van der Waals surface area contributed by atoms with Gasteiger partial charge in [-0.15, -0.1) is 12.4 Å². The quantitative estimate of drug-likeness (QED) is 0.656. The van der Waals surface area contributed by atoms with Crippen molar-refractivity contribution in [2.75, 3.05) is 13.1 Å². The van der Waals surface area contributed by atoms with E-state index >= 15 is 0 Å². The van der Waals surface area contributed by atoms with Gasteiger partial charge in [0.1, 0.15) is 6.04 Å². The minimum atomic E-state index is -0.608. The second-order valence-electron chi connectivity index (χ2n) is 5.51. The van der Waals surface area contributed by atoms with Crippen LogP contribution in [0, 0.1) is 0 Å². The first-order valence-corrected chi connectivity index (χ1v) is 7.40. The number of benzene rings is 1. The molecule has 4 N–H and O–H groups in total. The SMILES string of the molecule is CC(NC(=O)c1n[nH]c2ccccc12)C(=O)NC1CCNC1.Cl. The molecular weight excluding hydrogens is 318 g/mol. The third kappa shape index (κ3) is 3.80. The molecular formula is C15H20ClN5O2. The first kappa shape index (κ1) is 17.2. The zero-order valence-corrected chi connectivity index (χ0v) is 13.6. The Balaban J connectivity index is 0.00000192. The highest BCUT2D eigenvalue weighted by atomic mass is 35.5. The second-order valence-corrected chi connectivity index (χ2v) is 5.51. The van der Waals surface area contributed by atoms with Crippen molar-refractivity contribution < 1.29 is 9.59 Å². The lowest BCUT2D eigenvalue weighted by Gasteiger charge is -2.17. The van der Waals surface area contributed by atoms with E-state index in [0.717, 1.165) is 30.4 Å². The largest absolute Gasteiger partial charge is 0.350 e. The van der Waals surface area contributed by atoms with E-state index in [2.05, 4.69) is 26.1 Å². The Bertz CT molecular complexity index is 696. The van der Waals surface area contributed by atoms with Gasteiger partial charge in [0.25, 0.3) is 5.91 Å². The minimum absolute atomic E-state index is 0. The van der Waals surface area contributed by atoms with Crippen LogP contribution in [0.4, 0.5) is 0 Å². The van der Waals surface area contributed by atoms with Crippen LogP contribution < -0.4 is 16.0 Å². The number of aromatic amines is 1. The maximum absolute atomic E-state index is 12.3. The van der Waals surface area contributed by atoms with Crippen LogP contribution >= 0.6 is 12.4 Å². The van der Waals surface area contributed by atoms with E-state index in [0.29, 0.717) is 5.69 Å². The fourth-order valence-corrected chi connectivity index (χ4v) is 2.57. The number of carbonyl (C=O) groups is 2. The molecule has 1 aromatic heterocycles. The molecule has 1 saturated heterocycles. The summed E-state index contributed by atoms with van der Waals surface area (Å²) in [7, 11) is 0. The number of nitrogens with one attached hydrogen (secondary N) is 4. The summed E-state index contributed by atoms with van der Waals surface area (Å²) in [5.74, 6) is -0.536. The molecule has 1 aliphatic rings. The summed E-state index contributed by atoms with van der Waals surface area (Å²) >= 11 is 0. The first-order valence-electron chi connectivity index (χ1n) is 7.40. The van der Waals surface area contributed by atoms with Gasteiger partial charge in [-0.3, -0.25) is 14.7 Å². The van der Waals surface area contributed by atoms with E-state index in [1.54, 1.807) is 6.92 Å². The Labute approximate surface area is 140 Å². The van der Waals surface area contributed by atoms with Crippen molar-refractivity contribution >= 4 is 35.1 Å². The van der Waals surface area contributed by atoms with Crippen molar-refractivity contribution in [2.45, 2.75) is 25.4 Å². The molecule has 8 heteroatoms. The van der Waals surface area contributed by atoms with Gasteiger partial charge < -0.3 is 16.0 Å². The Morgan fingerprint density at radius 2 is 2.13 bits per heavy atom. The summed E-state index contributed by atoms with van der Waals surface area (Å²) in [6.07, 6.45) is 0.913. The lowest BCUT2D eigenvalue weighted by atomic mass is 10.2. The summed E-state index contributed by atoms with van der Waals surface area (Å²) in [5, 5.41) is 16.4. The molecule has 1 aliphatic heterocycles. The van der Waals surface area contributed by atoms with Gasteiger partial charge >= 0.3 is 0 Å². The molecule has 2 atom stereocenters. The van der Waals surface area contributed by atoms with Crippen molar-refractivity contribution in [3.05, 3.63) is 30.0 Å². The molecule has 2 heterocycles. The molecule has 0 spiro atoms. The molecule has 7 nitrogen and oxygen atoms in total. The predicted molar refractivity (Wildman–Crippen MR) is 89.7 cm³/mol. The van der Waals surface area contributed by atoms with Crippen LogP contribution in [-0.4, -0.2) is 47.2 Å². The molecule has 0 radical (unpaired) electrons. The maximum atomic E-state index is 12.3. The van der Waals surface area contributed by atoms with E-state index < -0.39 is 6.04 Å². The van der Waals surface area contributed by atoms with Crippen molar-refractivity contribution in [3.8, 4) is 0 Å². The molecule has 0 bridgehead atoms. The van der Waals surface area contributed by atoms with Gasteiger partial charge in [0.2, 0.25) is 5.91 Å². The van der Waals surface area contributed by atoms with E-state index in [4.69, 9.17) is 0 Å². The molecule has 0 saturated carbocycles. The minimum Gasteiger partial charge on any atom is -0.350 e.